The fourth-order valence-corrected chi connectivity index (χ4v) is 5.02. The molecule has 3 atom stereocenters. The van der Waals surface area contributed by atoms with Crippen molar-refractivity contribution in [1.82, 2.24) is 5.32 Å². The van der Waals surface area contributed by atoms with Gasteiger partial charge < -0.3 is 10.6 Å². The van der Waals surface area contributed by atoms with E-state index < -0.39 is 14.8 Å². The fourth-order valence-electron chi connectivity index (χ4n) is 4.38. The van der Waals surface area contributed by atoms with E-state index in [1.807, 2.05) is 0 Å². The Morgan fingerprint density at radius 1 is 1.26 bits per heavy atom. The molecule has 2 fully saturated rings. The molecule has 0 radical (unpaired) electrons. The van der Waals surface area contributed by atoms with Crippen LogP contribution in [0.15, 0.2) is 23.1 Å². The summed E-state index contributed by atoms with van der Waals surface area (Å²) in [5.41, 5.74) is -0.0685. The third-order valence-corrected chi connectivity index (χ3v) is 6.80. The van der Waals surface area contributed by atoms with Gasteiger partial charge in [-0.3, -0.25) is 14.9 Å². The van der Waals surface area contributed by atoms with Gasteiger partial charge in [-0.25, -0.2) is 8.42 Å². The van der Waals surface area contributed by atoms with E-state index in [9.17, 15) is 23.3 Å². The number of fused-ring (bicyclic) bond motifs is 2. The molecular weight excluding hydrogens is 370 g/mol. The molecule has 0 saturated heterocycles. The van der Waals surface area contributed by atoms with E-state index in [-0.39, 0.29) is 22.2 Å². The summed E-state index contributed by atoms with van der Waals surface area (Å²) in [6.07, 6.45) is 6.55. The van der Waals surface area contributed by atoms with Crippen LogP contribution in [0.3, 0.4) is 0 Å². The molecule has 2 bridgehead atoms. The van der Waals surface area contributed by atoms with Crippen LogP contribution in [0, 0.1) is 27.9 Å². The number of nitro groups is 1. The summed E-state index contributed by atoms with van der Waals surface area (Å²) in [5.74, 6) is 2.04. The Labute approximate surface area is 158 Å². The number of anilines is 1. The zero-order valence-corrected chi connectivity index (χ0v) is 16.1. The molecule has 0 heterocycles. The van der Waals surface area contributed by atoms with Crippen LogP contribution in [0.2, 0.25) is 0 Å². The molecule has 0 spiro atoms. The van der Waals surface area contributed by atoms with Gasteiger partial charge in [0.2, 0.25) is 5.91 Å². The summed E-state index contributed by atoms with van der Waals surface area (Å²) in [4.78, 5) is 22.6. The minimum absolute atomic E-state index is 0.0243. The monoisotopic (exact) mass is 395 g/mol. The summed E-state index contributed by atoms with van der Waals surface area (Å²) < 4.78 is 23.1. The minimum atomic E-state index is -3.52. The molecule has 3 rings (SSSR count). The van der Waals surface area contributed by atoms with Crippen LogP contribution in [-0.4, -0.2) is 38.6 Å². The van der Waals surface area contributed by atoms with Crippen molar-refractivity contribution in [3.8, 4) is 0 Å². The zero-order valence-electron chi connectivity index (χ0n) is 15.3. The number of carbonyl (C=O) groups is 1. The average Bonchev–Trinajstić information content (AvgIpc) is 3.20. The number of sulfone groups is 1. The lowest BCUT2D eigenvalue weighted by Gasteiger charge is -2.20. The zero-order chi connectivity index (χ0) is 19.6. The van der Waals surface area contributed by atoms with Crippen LogP contribution in [0.1, 0.15) is 32.1 Å². The van der Waals surface area contributed by atoms with E-state index in [0.717, 1.165) is 24.7 Å². The summed E-state index contributed by atoms with van der Waals surface area (Å²) in [5, 5.41) is 17.0. The lowest BCUT2D eigenvalue weighted by Crippen LogP contribution is -2.31. The highest BCUT2D eigenvalue weighted by Gasteiger charge is 2.39. The highest BCUT2D eigenvalue weighted by Crippen LogP contribution is 2.49. The van der Waals surface area contributed by atoms with Crippen LogP contribution in [0.25, 0.3) is 0 Å². The Hall–Kier alpha value is -2.16. The molecule has 0 aliphatic heterocycles. The van der Waals surface area contributed by atoms with Crippen LogP contribution in [0.5, 0.6) is 0 Å². The first-order valence-electron chi connectivity index (χ1n) is 9.23. The van der Waals surface area contributed by atoms with E-state index >= 15 is 0 Å². The molecule has 2 aliphatic rings. The van der Waals surface area contributed by atoms with Crippen molar-refractivity contribution < 1.29 is 18.1 Å². The highest BCUT2D eigenvalue weighted by molar-refractivity contribution is 7.90. The number of amides is 1. The topological polar surface area (TPSA) is 118 Å². The Kier molecular flexibility index (Phi) is 5.69. The molecule has 1 amide bonds. The molecule has 148 valence electrons. The van der Waals surface area contributed by atoms with Gasteiger partial charge in [-0.05, 0) is 49.1 Å². The molecule has 9 heteroatoms. The second kappa shape index (κ2) is 7.84. The third kappa shape index (κ3) is 4.77. The smallest absolute Gasteiger partial charge is 0.293 e. The number of nitrogens with one attached hydrogen (secondary N) is 2. The maximum atomic E-state index is 12.1. The van der Waals surface area contributed by atoms with Gasteiger partial charge in [0.05, 0.1) is 9.82 Å². The van der Waals surface area contributed by atoms with Gasteiger partial charge in [0.25, 0.3) is 5.69 Å². The van der Waals surface area contributed by atoms with E-state index in [0.29, 0.717) is 31.3 Å². The summed E-state index contributed by atoms with van der Waals surface area (Å²) in [7, 11) is -3.52. The first-order valence-corrected chi connectivity index (χ1v) is 11.1. The maximum absolute atomic E-state index is 12.1. The molecule has 2 aliphatic carbocycles. The van der Waals surface area contributed by atoms with Crippen LogP contribution >= 0.6 is 0 Å². The van der Waals surface area contributed by atoms with Gasteiger partial charge in [0.15, 0.2) is 9.84 Å². The van der Waals surface area contributed by atoms with Crippen LogP contribution in [0.4, 0.5) is 11.4 Å². The van der Waals surface area contributed by atoms with Crippen molar-refractivity contribution in [2.75, 3.05) is 24.7 Å². The Morgan fingerprint density at radius 2 is 2.04 bits per heavy atom. The van der Waals surface area contributed by atoms with Crippen molar-refractivity contribution >= 4 is 27.1 Å². The van der Waals surface area contributed by atoms with Gasteiger partial charge in [-0.2, -0.15) is 0 Å². The number of hydrogen-bond acceptors (Lipinski definition) is 6. The Morgan fingerprint density at radius 3 is 2.63 bits per heavy atom. The summed E-state index contributed by atoms with van der Waals surface area (Å²) >= 11 is 0. The van der Waals surface area contributed by atoms with Crippen molar-refractivity contribution in [1.29, 1.82) is 0 Å². The first-order chi connectivity index (χ1) is 12.7. The summed E-state index contributed by atoms with van der Waals surface area (Å²) in [6.45, 7) is 0.673. The van der Waals surface area contributed by atoms with E-state index in [1.165, 1.54) is 31.4 Å². The highest BCUT2D eigenvalue weighted by atomic mass is 32.2. The normalized spacial score (nSPS) is 24.0. The Balaban J connectivity index is 1.48. The number of nitrogens with zero attached hydrogens (tertiary/aromatic N) is 1. The third-order valence-electron chi connectivity index (χ3n) is 5.69. The molecule has 8 nitrogen and oxygen atoms in total. The van der Waals surface area contributed by atoms with Crippen LogP contribution < -0.4 is 10.6 Å². The second-order valence-corrected chi connectivity index (χ2v) is 9.64. The molecule has 2 N–H and O–H groups in total. The van der Waals surface area contributed by atoms with Crippen molar-refractivity contribution in [2.45, 2.75) is 37.0 Å². The number of carbonyl (C=O) groups excluding carboxylic acids is 1. The van der Waals surface area contributed by atoms with Gasteiger partial charge >= 0.3 is 0 Å². The average molecular weight is 395 g/mol. The molecule has 27 heavy (non-hydrogen) atoms. The number of benzene rings is 1. The van der Waals surface area contributed by atoms with Crippen molar-refractivity contribution in [3.63, 3.8) is 0 Å². The van der Waals surface area contributed by atoms with Crippen LogP contribution in [-0.2, 0) is 14.6 Å². The summed E-state index contributed by atoms with van der Waals surface area (Å²) in [6, 6.07) is 3.76. The van der Waals surface area contributed by atoms with Gasteiger partial charge in [0, 0.05) is 31.8 Å². The van der Waals surface area contributed by atoms with E-state index in [4.69, 9.17) is 0 Å². The minimum Gasteiger partial charge on any atom is -0.378 e. The van der Waals surface area contributed by atoms with E-state index in [1.54, 1.807) is 0 Å². The molecule has 1 aromatic rings. The van der Waals surface area contributed by atoms with Crippen molar-refractivity contribution in [2.24, 2.45) is 17.8 Å². The standard InChI is InChI=1S/C18H25N3O5S/c1-27(25,26)15-4-5-16(17(11-15)21(23)24)19-6-7-20-18(22)10-14-9-12-2-3-13(14)8-12/h4-5,11-14,19H,2-3,6-10H2,1H3,(H,20,22). The lowest BCUT2D eigenvalue weighted by atomic mass is 9.86. The lowest BCUT2D eigenvalue weighted by molar-refractivity contribution is -0.384. The largest absolute Gasteiger partial charge is 0.378 e. The molecule has 1 aromatic carbocycles. The first kappa shape index (κ1) is 19.6. The maximum Gasteiger partial charge on any atom is 0.293 e. The number of hydrogen-bond donors (Lipinski definition) is 2. The second-order valence-electron chi connectivity index (χ2n) is 7.62. The van der Waals surface area contributed by atoms with Gasteiger partial charge in [-0.1, -0.05) is 6.42 Å². The predicted molar refractivity (Wildman–Crippen MR) is 101 cm³/mol. The molecule has 0 aromatic heterocycles. The van der Waals surface area contributed by atoms with E-state index in [2.05, 4.69) is 10.6 Å². The molecule has 2 saturated carbocycles. The van der Waals surface area contributed by atoms with Gasteiger partial charge in [0.1, 0.15) is 5.69 Å². The number of rotatable bonds is 8. The fraction of sp³-hybridized carbons (Fsp3) is 0.611. The SMILES string of the molecule is CS(=O)(=O)c1ccc(NCCNC(=O)CC2CC3CCC2C3)c([N+](=O)[O-])c1. The quantitative estimate of drug-likeness (QED) is 0.396. The molecule has 3 unspecified atom stereocenters. The number of nitro benzene ring substituents is 1. The Bertz CT molecular complexity index is 839. The predicted octanol–water partition coefficient (Wildman–Crippen LogP) is 2.35. The van der Waals surface area contributed by atoms with Gasteiger partial charge in [-0.15, -0.1) is 0 Å². The molecular formula is C18H25N3O5S. The van der Waals surface area contributed by atoms with Crippen molar-refractivity contribution in [3.05, 3.63) is 28.3 Å².